The van der Waals surface area contributed by atoms with Crippen molar-refractivity contribution >= 4 is 5.91 Å². The molecule has 0 atom stereocenters. The molecular formula is C13H27N3O. The van der Waals surface area contributed by atoms with Crippen LogP contribution in [0.15, 0.2) is 11.6 Å². The highest BCUT2D eigenvalue weighted by molar-refractivity contribution is 5.92. The van der Waals surface area contributed by atoms with Crippen LogP contribution >= 0.6 is 0 Å². The molecule has 100 valence electrons. The maximum absolute atomic E-state index is 11.6. The number of allylic oxidation sites excluding steroid dienone is 1. The van der Waals surface area contributed by atoms with Gasteiger partial charge in [-0.25, -0.2) is 0 Å². The van der Waals surface area contributed by atoms with E-state index in [1.807, 2.05) is 27.1 Å². The van der Waals surface area contributed by atoms with Gasteiger partial charge >= 0.3 is 0 Å². The van der Waals surface area contributed by atoms with Crippen molar-refractivity contribution < 1.29 is 4.79 Å². The third kappa shape index (κ3) is 10.0. The molecule has 0 radical (unpaired) electrons. The first-order valence-corrected chi connectivity index (χ1v) is 6.18. The van der Waals surface area contributed by atoms with Gasteiger partial charge in [-0.15, -0.1) is 0 Å². The Balaban J connectivity index is 3.75. The van der Waals surface area contributed by atoms with E-state index in [0.29, 0.717) is 6.54 Å². The molecule has 0 spiro atoms. The van der Waals surface area contributed by atoms with Gasteiger partial charge in [-0.05, 0) is 54.5 Å². The molecule has 0 aromatic carbocycles. The standard InChI is InChI=1S/C13H27N3O/c1-12(8-6-7-10-15(2)3)13(17)14-9-11-16(4)5/h8H,6-7,9-11H2,1-5H3,(H,14,17). The molecule has 0 aliphatic carbocycles. The van der Waals surface area contributed by atoms with Crippen LogP contribution in [-0.2, 0) is 4.79 Å². The van der Waals surface area contributed by atoms with E-state index in [9.17, 15) is 4.79 Å². The average Bonchev–Trinajstić information content (AvgIpc) is 2.23. The Kier molecular flexibility index (Phi) is 8.72. The average molecular weight is 241 g/mol. The fourth-order valence-corrected chi connectivity index (χ4v) is 1.35. The lowest BCUT2D eigenvalue weighted by Gasteiger charge is -2.10. The molecule has 0 fully saturated rings. The number of likely N-dealkylation sites (N-methyl/N-ethyl adjacent to an activating group) is 1. The van der Waals surface area contributed by atoms with Crippen molar-refractivity contribution in [1.82, 2.24) is 15.1 Å². The predicted molar refractivity (Wildman–Crippen MR) is 73.1 cm³/mol. The monoisotopic (exact) mass is 241 g/mol. The molecule has 4 heteroatoms. The van der Waals surface area contributed by atoms with Crippen LogP contribution in [0.25, 0.3) is 0 Å². The molecule has 0 rings (SSSR count). The number of unbranched alkanes of at least 4 members (excludes halogenated alkanes) is 1. The quantitative estimate of drug-likeness (QED) is 0.508. The summed E-state index contributed by atoms with van der Waals surface area (Å²) in [5.41, 5.74) is 0.822. The number of nitrogens with zero attached hydrogens (tertiary/aromatic N) is 2. The third-order valence-corrected chi connectivity index (χ3v) is 2.46. The second kappa shape index (κ2) is 9.19. The van der Waals surface area contributed by atoms with Crippen molar-refractivity contribution in [3.63, 3.8) is 0 Å². The van der Waals surface area contributed by atoms with Gasteiger partial charge in [0.1, 0.15) is 0 Å². The van der Waals surface area contributed by atoms with Crippen LogP contribution in [0.3, 0.4) is 0 Å². The first-order valence-electron chi connectivity index (χ1n) is 6.18. The van der Waals surface area contributed by atoms with E-state index in [1.54, 1.807) is 0 Å². The summed E-state index contributed by atoms with van der Waals surface area (Å²) in [4.78, 5) is 15.8. The summed E-state index contributed by atoms with van der Waals surface area (Å²) in [5.74, 6) is 0.0525. The lowest BCUT2D eigenvalue weighted by Crippen LogP contribution is -2.31. The minimum absolute atomic E-state index is 0.0525. The smallest absolute Gasteiger partial charge is 0.246 e. The van der Waals surface area contributed by atoms with Crippen molar-refractivity contribution in [3.05, 3.63) is 11.6 Å². The Morgan fingerprint density at radius 1 is 1.12 bits per heavy atom. The maximum atomic E-state index is 11.6. The van der Waals surface area contributed by atoms with Crippen molar-refractivity contribution in [2.45, 2.75) is 19.8 Å². The van der Waals surface area contributed by atoms with E-state index in [2.05, 4.69) is 29.2 Å². The van der Waals surface area contributed by atoms with Crippen LogP contribution in [0.4, 0.5) is 0 Å². The van der Waals surface area contributed by atoms with Crippen LogP contribution < -0.4 is 5.32 Å². The van der Waals surface area contributed by atoms with Gasteiger partial charge in [0.05, 0.1) is 0 Å². The Hall–Kier alpha value is -0.870. The number of hydrogen-bond acceptors (Lipinski definition) is 3. The summed E-state index contributed by atoms with van der Waals surface area (Å²) >= 11 is 0. The van der Waals surface area contributed by atoms with Gasteiger partial charge in [-0.2, -0.15) is 0 Å². The molecule has 0 heterocycles. The first-order chi connectivity index (χ1) is 7.93. The highest BCUT2D eigenvalue weighted by Gasteiger charge is 2.02. The number of nitrogens with one attached hydrogen (secondary N) is 1. The highest BCUT2D eigenvalue weighted by Crippen LogP contribution is 1.99. The molecule has 0 aliphatic rings. The van der Waals surface area contributed by atoms with Crippen LogP contribution in [0.5, 0.6) is 0 Å². The molecule has 4 nitrogen and oxygen atoms in total. The molecule has 0 saturated heterocycles. The number of hydrogen-bond donors (Lipinski definition) is 1. The van der Waals surface area contributed by atoms with E-state index in [-0.39, 0.29) is 5.91 Å². The zero-order valence-electron chi connectivity index (χ0n) is 11.9. The third-order valence-electron chi connectivity index (χ3n) is 2.46. The van der Waals surface area contributed by atoms with Gasteiger partial charge in [0.25, 0.3) is 0 Å². The summed E-state index contributed by atoms with van der Waals surface area (Å²) in [6, 6.07) is 0. The van der Waals surface area contributed by atoms with E-state index >= 15 is 0 Å². The highest BCUT2D eigenvalue weighted by atomic mass is 16.1. The fraction of sp³-hybridized carbons (Fsp3) is 0.769. The summed E-state index contributed by atoms with van der Waals surface area (Å²) in [5, 5.41) is 2.90. The number of amides is 1. The molecular weight excluding hydrogens is 214 g/mol. The minimum Gasteiger partial charge on any atom is -0.351 e. The fourth-order valence-electron chi connectivity index (χ4n) is 1.35. The lowest BCUT2D eigenvalue weighted by molar-refractivity contribution is -0.117. The minimum atomic E-state index is 0.0525. The van der Waals surface area contributed by atoms with Crippen molar-refractivity contribution in [2.75, 3.05) is 47.8 Å². The van der Waals surface area contributed by atoms with E-state index in [0.717, 1.165) is 31.5 Å². The van der Waals surface area contributed by atoms with Crippen molar-refractivity contribution in [1.29, 1.82) is 0 Å². The Morgan fingerprint density at radius 2 is 1.71 bits per heavy atom. The molecule has 0 aliphatic heterocycles. The van der Waals surface area contributed by atoms with Crippen molar-refractivity contribution in [2.24, 2.45) is 0 Å². The van der Waals surface area contributed by atoms with Crippen molar-refractivity contribution in [3.8, 4) is 0 Å². The zero-order valence-corrected chi connectivity index (χ0v) is 11.9. The van der Waals surface area contributed by atoms with Gasteiger partial charge in [-0.3, -0.25) is 4.79 Å². The SMILES string of the molecule is CC(=CCCCN(C)C)C(=O)NCCN(C)C. The predicted octanol–water partition coefficient (Wildman–Crippen LogP) is 0.952. The molecule has 0 bridgehead atoms. The van der Waals surface area contributed by atoms with Gasteiger partial charge < -0.3 is 15.1 Å². The lowest BCUT2D eigenvalue weighted by atomic mass is 10.2. The molecule has 0 unspecified atom stereocenters. The Labute approximate surface area is 106 Å². The summed E-state index contributed by atoms with van der Waals surface area (Å²) in [6.07, 6.45) is 4.08. The summed E-state index contributed by atoms with van der Waals surface area (Å²) < 4.78 is 0. The van der Waals surface area contributed by atoms with Crippen LogP contribution in [0.2, 0.25) is 0 Å². The Bertz CT molecular complexity index is 247. The van der Waals surface area contributed by atoms with Crippen LogP contribution in [-0.4, -0.2) is 63.5 Å². The van der Waals surface area contributed by atoms with Gasteiger partial charge in [0, 0.05) is 18.7 Å². The molecule has 0 aromatic heterocycles. The van der Waals surface area contributed by atoms with Crippen LogP contribution in [0, 0.1) is 0 Å². The van der Waals surface area contributed by atoms with Gasteiger partial charge in [-0.1, -0.05) is 6.08 Å². The number of rotatable bonds is 8. The molecule has 0 saturated carbocycles. The normalized spacial score (nSPS) is 12.3. The Morgan fingerprint density at radius 3 is 2.24 bits per heavy atom. The van der Waals surface area contributed by atoms with E-state index in [4.69, 9.17) is 0 Å². The molecule has 1 amide bonds. The largest absolute Gasteiger partial charge is 0.351 e. The van der Waals surface area contributed by atoms with Gasteiger partial charge in [0.2, 0.25) is 5.91 Å². The van der Waals surface area contributed by atoms with Gasteiger partial charge in [0.15, 0.2) is 0 Å². The second-order valence-corrected chi connectivity index (χ2v) is 4.89. The topological polar surface area (TPSA) is 35.6 Å². The van der Waals surface area contributed by atoms with E-state index in [1.165, 1.54) is 0 Å². The molecule has 1 N–H and O–H groups in total. The summed E-state index contributed by atoms with van der Waals surface area (Å²) in [7, 11) is 8.11. The van der Waals surface area contributed by atoms with E-state index < -0.39 is 0 Å². The van der Waals surface area contributed by atoms with Crippen LogP contribution in [0.1, 0.15) is 19.8 Å². The maximum Gasteiger partial charge on any atom is 0.246 e. The molecule has 17 heavy (non-hydrogen) atoms. The first kappa shape index (κ1) is 16.1. The zero-order chi connectivity index (χ0) is 13.3. The molecule has 0 aromatic rings. The number of carbonyl (C=O) groups is 1. The summed E-state index contributed by atoms with van der Waals surface area (Å²) in [6.45, 7) is 4.51. The number of carbonyl (C=O) groups excluding carboxylic acids is 1. The second-order valence-electron chi connectivity index (χ2n) is 4.89.